The Hall–Kier alpha value is -1.33. The number of rotatable bonds is 1. The average Bonchev–Trinajstić information content (AvgIpc) is 2.65. The van der Waals surface area contributed by atoms with Gasteiger partial charge in [-0.15, -0.1) is 0 Å². The molecule has 0 amide bonds. The van der Waals surface area contributed by atoms with Gasteiger partial charge in [-0.3, -0.25) is 0 Å². The van der Waals surface area contributed by atoms with E-state index in [0.29, 0.717) is 5.92 Å². The Kier molecular flexibility index (Phi) is 2.51. The second kappa shape index (κ2) is 3.81. The van der Waals surface area contributed by atoms with E-state index in [-0.39, 0.29) is 0 Å². The van der Waals surface area contributed by atoms with E-state index in [2.05, 4.69) is 30.1 Å². The summed E-state index contributed by atoms with van der Waals surface area (Å²) in [4.78, 5) is 2.35. The van der Waals surface area contributed by atoms with Crippen molar-refractivity contribution in [2.45, 2.75) is 12.3 Å². The van der Waals surface area contributed by atoms with Crippen LogP contribution in [0.15, 0.2) is 24.3 Å². The molecule has 0 bridgehead atoms. The predicted octanol–water partition coefficient (Wildman–Crippen LogP) is 1.98. The number of nitriles is 1. The molecule has 0 saturated carbocycles. The molecule has 14 heavy (non-hydrogen) atoms. The third-order valence-electron chi connectivity index (χ3n) is 2.90. The molecule has 0 aliphatic carbocycles. The van der Waals surface area contributed by atoms with Gasteiger partial charge in [0.05, 0.1) is 11.6 Å². The van der Waals surface area contributed by atoms with Crippen LogP contribution < -0.4 is 0 Å². The molecule has 1 fully saturated rings. The Bertz CT molecular complexity index is 348. The smallest absolute Gasteiger partial charge is 0.0991 e. The van der Waals surface area contributed by atoms with Crippen LogP contribution in [-0.2, 0) is 0 Å². The lowest BCUT2D eigenvalue weighted by atomic mass is 9.97. The maximum absolute atomic E-state index is 8.68. The highest BCUT2D eigenvalue weighted by molar-refractivity contribution is 5.33. The standard InChI is InChI=1S/C12H14N2/c1-14-7-6-12(9-14)11-4-2-10(8-13)3-5-11/h2-5,12H,6-7,9H2,1H3. The van der Waals surface area contributed by atoms with Gasteiger partial charge in [0.15, 0.2) is 0 Å². The molecule has 0 N–H and O–H groups in total. The Morgan fingerprint density at radius 3 is 2.57 bits per heavy atom. The van der Waals surface area contributed by atoms with Crippen LogP contribution in [0.2, 0.25) is 0 Å². The Balaban J connectivity index is 2.14. The van der Waals surface area contributed by atoms with Crippen molar-refractivity contribution in [3.8, 4) is 6.07 Å². The Labute approximate surface area is 84.8 Å². The van der Waals surface area contributed by atoms with Crippen LogP contribution >= 0.6 is 0 Å². The van der Waals surface area contributed by atoms with E-state index < -0.39 is 0 Å². The summed E-state index contributed by atoms with van der Waals surface area (Å²) in [5.41, 5.74) is 2.12. The van der Waals surface area contributed by atoms with Gasteiger partial charge in [0.1, 0.15) is 0 Å². The summed E-state index contributed by atoms with van der Waals surface area (Å²) in [7, 11) is 2.16. The molecule has 1 aliphatic heterocycles. The van der Waals surface area contributed by atoms with Crippen LogP contribution in [0.1, 0.15) is 23.5 Å². The molecule has 72 valence electrons. The lowest BCUT2D eigenvalue weighted by molar-refractivity contribution is 0.411. The molecule has 1 aromatic rings. The van der Waals surface area contributed by atoms with Crippen molar-refractivity contribution in [3.63, 3.8) is 0 Å². The molecule has 1 saturated heterocycles. The van der Waals surface area contributed by atoms with E-state index in [4.69, 9.17) is 5.26 Å². The fourth-order valence-corrected chi connectivity index (χ4v) is 2.04. The highest BCUT2D eigenvalue weighted by Crippen LogP contribution is 2.25. The van der Waals surface area contributed by atoms with Crippen molar-refractivity contribution in [1.29, 1.82) is 5.26 Å². The summed E-state index contributed by atoms with van der Waals surface area (Å²) in [5.74, 6) is 0.660. The first kappa shape index (κ1) is 9.23. The van der Waals surface area contributed by atoms with Crippen molar-refractivity contribution >= 4 is 0 Å². The summed E-state index contributed by atoms with van der Waals surface area (Å²) in [6.45, 7) is 2.33. The molecule has 1 aromatic carbocycles. The number of hydrogen-bond acceptors (Lipinski definition) is 2. The maximum Gasteiger partial charge on any atom is 0.0991 e. The van der Waals surface area contributed by atoms with Gasteiger partial charge in [-0.1, -0.05) is 12.1 Å². The molecule has 0 radical (unpaired) electrons. The van der Waals surface area contributed by atoms with Gasteiger partial charge in [-0.05, 0) is 43.6 Å². The zero-order valence-electron chi connectivity index (χ0n) is 8.40. The summed E-state index contributed by atoms with van der Waals surface area (Å²) in [6, 6.07) is 10.1. The van der Waals surface area contributed by atoms with Crippen LogP contribution in [0, 0.1) is 11.3 Å². The molecular formula is C12H14N2. The summed E-state index contributed by atoms with van der Waals surface area (Å²) < 4.78 is 0. The average molecular weight is 186 g/mol. The van der Waals surface area contributed by atoms with Crippen molar-refractivity contribution in [3.05, 3.63) is 35.4 Å². The molecule has 1 atom stereocenters. The van der Waals surface area contributed by atoms with E-state index in [0.717, 1.165) is 12.1 Å². The third-order valence-corrected chi connectivity index (χ3v) is 2.90. The molecule has 2 rings (SSSR count). The predicted molar refractivity (Wildman–Crippen MR) is 56.0 cm³/mol. The molecule has 1 heterocycles. The van der Waals surface area contributed by atoms with Crippen LogP contribution in [-0.4, -0.2) is 25.0 Å². The first-order valence-corrected chi connectivity index (χ1v) is 4.98. The molecule has 1 aliphatic rings. The van der Waals surface area contributed by atoms with Crippen molar-refractivity contribution < 1.29 is 0 Å². The zero-order valence-corrected chi connectivity index (χ0v) is 8.40. The number of benzene rings is 1. The minimum atomic E-state index is 0.660. The van der Waals surface area contributed by atoms with E-state index in [1.165, 1.54) is 18.5 Å². The van der Waals surface area contributed by atoms with Crippen molar-refractivity contribution in [1.82, 2.24) is 4.90 Å². The normalized spacial score (nSPS) is 22.1. The van der Waals surface area contributed by atoms with E-state index in [1.807, 2.05) is 12.1 Å². The molecule has 2 heteroatoms. The second-order valence-electron chi connectivity index (χ2n) is 3.98. The van der Waals surface area contributed by atoms with E-state index >= 15 is 0 Å². The third kappa shape index (κ3) is 1.78. The lowest BCUT2D eigenvalue weighted by Crippen LogP contribution is -2.13. The summed E-state index contributed by atoms with van der Waals surface area (Å²) in [6.07, 6.45) is 1.24. The highest BCUT2D eigenvalue weighted by atomic mass is 15.1. The fraction of sp³-hybridized carbons (Fsp3) is 0.417. The maximum atomic E-state index is 8.68. The van der Waals surface area contributed by atoms with Gasteiger partial charge in [0.25, 0.3) is 0 Å². The molecular weight excluding hydrogens is 172 g/mol. The molecule has 1 unspecified atom stereocenters. The van der Waals surface area contributed by atoms with E-state index in [1.54, 1.807) is 0 Å². The van der Waals surface area contributed by atoms with Crippen molar-refractivity contribution in [2.24, 2.45) is 0 Å². The monoisotopic (exact) mass is 186 g/mol. The highest BCUT2D eigenvalue weighted by Gasteiger charge is 2.20. The van der Waals surface area contributed by atoms with Gasteiger partial charge < -0.3 is 4.90 Å². The topological polar surface area (TPSA) is 27.0 Å². The van der Waals surface area contributed by atoms with Gasteiger partial charge in [-0.2, -0.15) is 5.26 Å². The molecule has 0 spiro atoms. The molecule has 0 aromatic heterocycles. The van der Waals surface area contributed by atoms with Gasteiger partial charge in [0.2, 0.25) is 0 Å². The van der Waals surface area contributed by atoms with Crippen LogP contribution in [0.25, 0.3) is 0 Å². The number of likely N-dealkylation sites (tertiary alicyclic amines) is 1. The number of hydrogen-bond donors (Lipinski definition) is 0. The van der Waals surface area contributed by atoms with Gasteiger partial charge in [-0.25, -0.2) is 0 Å². The molecule has 2 nitrogen and oxygen atoms in total. The van der Waals surface area contributed by atoms with Crippen molar-refractivity contribution in [2.75, 3.05) is 20.1 Å². The summed E-state index contributed by atoms with van der Waals surface area (Å²) in [5, 5.41) is 8.68. The van der Waals surface area contributed by atoms with Crippen LogP contribution in [0.5, 0.6) is 0 Å². The van der Waals surface area contributed by atoms with E-state index in [9.17, 15) is 0 Å². The summed E-state index contributed by atoms with van der Waals surface area (Å²) >= 11 is 0. The van der Waals surface area contributed by atoms with Gasteiger partial charge in [0, 0.05) is 6.54 Å². The fourth-order valence-electron chi connectivity index (χ4n) is 2.04. The SMILES string of the molecule is CN1CCC(c2ccc(C#N)cc2)C1. The second-order valence-corrected chi connectivity index (χ2v) is 3.98. The largest absolute Gasteiger partial charge is 0.306 e. The first-order chi connectivity index (χ1) is 6.79. The van der Waals surface area contributed by atoms with Gasteiger partial charge >= 0.3 is 0 Å². The first-order valence-electron chi connectivity index (χ1n) is 4.98. The lowest BCUT2D eigenvalue weighted by Gasteiger charge is -2.10. The minimum absolute atomic E-state index is 0.660. The zero-order chi connectivity index (χ0) is 9.97. The Morgan fingerprint density at radius 1 is 1.36 bits per heavy atom. The minimum Gasteiger partial charge on any atom is -0.306 e. The number of likely N-dealkylation sites (N-methyl/N-ethyl adjacent to an activating group) is 1. The number of nitrogens with zero attached hydrogens (tertiary/aromatic N) is 2. The quantitative estimate of drug-likeness (QED) is 0.670. The Morgan fingerprint density at radius 2 is 2.07 bits per heavy atom. The van der Waals surface area contributed by atoms with Crippen LogP contribution in [0.3, 0.4) is 0 Å². The van der Waals surface area contributed by atoms with Crippen LogP contribution in [0.4, 0.5) is 0 Å².